The maximum absolute atomic E-state index is 12.4. The zero-order valence-electron chi connectivity index (χ0n) is 14.5. The normalized spacial score (nSPS) is 18.4. The number of pyridine rings is 1. The van der Waals surface area contributed by atoms with Gasteiger partial charge in [0.25, 0.3) is 5.56 Å². The second kappa shape index (κ2) is 6.44. The van der Waals surface area contributed by atoms with Crippen LogP contribution >= 0.6 is 0 Å². The van der Waals surface area contributed by atoms with Crippen LogP contribution in [0.1, 0.15) is 55.9 Å². The van der Waals surface area contributed by atoms with Gasteiger partial charge in [-0.15, -0.1) is 0 Å². The van der Waals surface area contributed by atoms with Crippen molar-refractivity contribution in [2.45, 2.75) is 45.2 Å². The molecule has 1 atom stereocenters. The third-order valence-electron chi connectivity index (χ3n) is 4.82. The first-order valence-corrected chi connectivity index (χ1v) is 8.80. The number of nitrogens with zero attached hydrogens (tertiary/aromatic N) is 3. The number of aromatic nitrogens is 3. The molecule has 4 rings (SSSR count). The summed E-state index contributed by atoms with van der Waals surface area (Å²) in [5.74, 6) is 1.63. The molecule has 0 spiro atoms. The van der Waals surface area contributed by atoms with E-state index >= 15 is 0 Å². The Morgan fingerprint density at radius 2 is 2.20 bits per heavy atom. The number of hydrogen-bond acceptors (Lipinski definition) is 5. The molecule has 2 aromatic heterocycles. The summed E-state index contributed by atoms with van der Waals surface area (Å²) >= 11 is 0. The lowest BCUT2D eigenvalue weighted by atomic mass is 10.1. The van der Waals surface area contributed by atoms with Gasteiger partial charge in [0.1, 0.15) is 0 Å². The van der Waals surface area contributed by atoms with Crippen LogP contribution in [0.3, 0.4) is 0 Å². The number of benzene rings is 1. The van der Waals surface area contributed by atoms with Gasteiger partial charge in [-0.25, -0.2) is 0 Å². The average Bonchev–Trinajstić information content (AvgIpc) is 3.24. The van der Waals surface area contributed by atoms with E-state index in [0.717, 1.165) is 41.7 Å². The van der Waals surface area contributed by atoms with Crippen LogP contribution in [0, 0.1) is 0 Å². The number of para-hydroxylation sites is 1. The fourth-order valence-corrected chi connectivity index (χ4v) is 3.45. The van der Waals surface area contributed by atoms with Crippen LogP contribution in [0.2, 0.25) is 0 Å². The Balaban J connectivity index is 1.61. The van der Waals surface area contributed by atoms with Gasteiger partial charge in [0.2, 0.25) is 5.89 Å². The number of fused-ring (bicyclic) bond motifs is 1. The van der Waals surface area contributed by atoms with E-state index in [1.165, 1.54) is 0 Å². The van der Waals surface area contributed by atoms with Crippen LogP contribution in [0.4, 0.5) is 0 Å². The summed E-state index contributed by atoms with van der Waals surface area (Å²) in [6.07, 6.45) is 2.06. The molecule has 0 saturated carbocycles. The lowest BCUT2D eigenvalue weighted by molar-refractivity contribution is 0.233. The van der Waals surface area contributed by atoms with Gasteiger partial charge in [-0.05, 0) is 36.9 Å². The van der Waals surface area contributed by atoms with Crippen LogP contribution in [0.15, 0.2) is 39.6 Å². The fourth-order valence-electron chi connectivity index (χ4n) is 3.45. The van der Waals surface area contributed by atoms with Crippen LogP contribution in [0.25, 0.3) is 10.9 Å². The molecular formula is C19H22N4O2. The van der Waals surface area contributed by atoms with Crippen molar-refractivity contribution in [3.63, 3.8) is 0 Å². The minimum atomic E-state index is -0.0275. The number of H-pyrrole nitrogens is 1. The summed E-state index contributed by atoms with van der Waals surface area (Å²) in [7, 11) is 0. The summed E-state index contributed by atoms with van der Waals surface area (Å²) in [5.41, 5.74) is 1.62. The molecule has 1 fully saturated rings. The molecule has 130 valence electrons. The SMILES string of the molecule is CC(C)c1nc(C2CCCN2Cc2cc3ccccc3[nH]c2=O)no1. The van der Waals surface area contributed by atoms with Gasteiger partial charge in [-0.3, -0.25) is 9.69 Å². The zero-order valence-corrected chi connectivity index (χ0v) is 14.5. The smallest absolute Gasteiger partial charge is 0.252 e. The van der Waals surface area contributed by atoms with Crippen molar-refractivity contribution in [2.24, 2.45) is 0 Å². The largest absolute Gasteiger partial charge is 0.339 e. The molecule has 0 amide bonds. The Bertz CT molecular complexity index is 944. The molecule has 1 unspecified atom stereocenters. The first kappa shape index (κ1) is 16.0. The van der Waals surface area contributed by atoms with Crippen LogP contribution in [0.5, 0.6) is 0 Å². The van der Waals surface area contributed by atoms with E-state index < -0.39 is 0 Å². The van der Waals surface area contributed by atoms with Crippen molar-refractivity contribution in [1.29, 1.82) is 0 Å². The Labute approximate surface area is 145 Å². The first-order chi connectivity index (χ1) is 12.1. The Morgan fingerprint density at radius 3 is 3.00 bits per heavy atom. The summed E-state index contributed by atoms with van der Waals surface area (Å²) in [4.78, 5) is 22.2. The molecular weight excluding hydrogens is 316 g/mol. The van der Waals surface area contributed by atoms with Crippen LogP contribution in [-0.4, -0.2) is 26.6 Å². The third-order valence-corrected chi connectivity index (χ3v) is 4.82. The topological polar surface area (TPSA) is 75.0 Å². The monoisotopic (exact) mass is 338 g/mol. The molecule has 25 heavy (non-hydrogen) atoms. The highest BCUT2D eigenvalue weighted by molar-refractivity contribution is 5.78. The van der Waals surface area contributed by atoms with Crippen molar-refractivity contribution in [3.8, 4) is 0 Å². The van der Waals surface area contributed by atoms with Crippen LogP contribution < -0.4 is 5.56 Å². The van der Waals surface area contributed by atoms with E-state index in [4.69, 9.17) is 4.52 Å². The molecule has 1 saturated heterocycles. The van der Waals surface area contributed by atoms with Gasteiger partial charge in [0, 0.05) is 23.5 Å². The Morgan fingerprint density at radius 1 is 1.36 bits per heavy atom. The lowest BCUT2D eigenvalue weighted by Gasteiger charge is -2.21. The van der Waals surface area contributed by atoms with Crippen molar-refractivity contribution >= 4 is 10.9 Å². The minimum absolute atomic E-state index is 0.0275. The van der Waals surface area contributed by atoms with Gasteiger partial charge >= 0.3 is 0 Å². The number of hydrogen-bond donors (Lipinski definition) is 1. The molecule has 3 aromatic rings. The minimum Gasteiger partial charge on any atom is -0.339 e. The Hall–Kier alpha value is -2.47. The van der Waals surface area contributed by atoms with Crippen molar-refractivity contribution in [2.75, 3.05) is 6.54 Å². The van der Waals surface area contributed by atoms with E-state index in [2.05, 4.69) is 20.0 Å². The quantitative estimate of drug-likeness (QED) is 0.789. The van der Waals surface area contributed by atoms with Gasteiger partial charge in [-0.2, -0.15) is 4.98 Å². The van der Waals surface area contributed by atoms with E-state index in [0.29, 0.717) is 12.4 Å². The second-order valence-corrected chi connectivity index (χ2v) is 6.98. The number of likely N-dealkylation sites (tertiary alicyclic amines) is 1. The van der Waals surface area contributed by atoms with Gasteiger partial charge in [0.15, 0.2) is 5.82 Å². The Kier molecular flexibility index (Phi) is 4.13. The molecule has 1 N–H and O–H groups in total. The summed E-state index contributed by atoms with van der Waals surface area (Å²) in [6.45, 7) is 5.61. The predicted molar refractivity (Wildman–Crippen MR) is 95.3 cm³/mol. The van der Waals surface area contributed by atoms with Crippen molar-refractivity contribution in [3.05, 3.63) is 58.0 Å². The van der Waals surface area contributed by atoms with Crippen molar-refractivity contribution in [1.82, 2.24) is 20.0 Å². The maximum Gasteiger partial charge on any atom is 0.252 e. The van der Waals surface area contributed by atoms with Gasteiger partial charge in [0.05, 0.1) is 6.04 Å². The standard InChI is InChI=1S/C19H22N4O2/c1-12(2)19-21-17(22-25-19)16-8-5-9-23(16)11-14-10-13-6-3-4-7-15(13)20-18(14)24/h3-4,6-7,10,12,16H,5,8-9,11H2,1-2H3,(H,20,24). The van der Waals surface area contributed by atoms with E-state index in [1.54, 1.807) is 0 Å². The average molecular weight is 338 g/mol. The summed E-state index contributed by atoms with van der Waals surface area (Å²) in [6, 6.07) is 9.95. The molecule has 0 radical (unpaired) electrons. The van der Waals surface area contributed by atoms with E-state index in [1.807, 2.05) is 44.2 Å². The predicted octanol–water partition coefficient (Wildman–Crippen LogP) is 3.37. The molecule has 1 aliphatic heterocycles. The van der Waals surface area contributed by atoms with Gasteiger partial charge < -0.3 is 9.51 Å². The molecule has 3 heterocycles. The molecule has 6 nitrogen and oxygen atoms in total. The number of rotatable bonds is 4. The maximum atomic E-state index is 12.4. The molecule has 1 aliphatic rings. The highest BCUT2D eigenvalue weighted by atomic mass is 16.5. The van der Waals surface area contributed by atoms with E-state index in [-0.39, 0.29) is 17.5 Å². The number of aromatic amines is 1. The molecule has 6 heteroatoms. The highest BCUT2D eigenvalue weighted by Gasteiger charge is 2.30. The summed E-state index contributed by atoms with van der Waals surface area (Å²) < 4.78 is 5.36. The second-order valence-electron chi connectivity index (χ2n) is 6.98. The lowest BCUT2D eigenvalue weighted by Crippen LogP contribution is -2.27. The van der Waals surface area contributed by atoms with Crippen molar-refractivity contribution < 1.29 is 4.52 Å². The molecule has 0 bridgehead atoms. The molecule has 1 aromatic carbocycles. The van der Waals surface area contributed by atoms with E-state index in [9.17, 15) is 4.79 Å². The first-order valence-electron chi connectivity index (χ1n) is 8.80. The third kappa shape index (κ3) is 3.09. The van der Waals surface area contributed by atoms with Gasteiger partial charge in [-0.1, -0.05) is 37.2 Å². The van der Waals surface area contributed by atoms with Crippen LogP contribution in [-0.2, 0) is 6.54 Å². The number of nitrogens with one attached hydrogen (secondary N) is 1. The summed E-state index contributed by atoms with van der Waals surface area (Å²) in [5, 5.41) is 5.22. The fraction of sp³-hybridized carbons (Fsp3) is 0.421. The highest BCUT2D eigenvalue weighted by Crippen LogP contribution is 2.32. The molecule has 0 aliphatic carbocycles. The zero-order chi connectivity index (χ0) is 17.4.